The maximum Gasteiger partial charge on any atom is 0.233 e. The summed E-state index contributed by atoms with van der Waals surface area (Å²) in [4.78, 5) is 12.9. The first-order valence-electron chi connectivity index (χ1n) is 10.5. The number of furan rings is 1. The molecule has 2 aromatic heterocycles. The van der Waals surface area contributed by atoms with E-state index in [1.54, 1.807) is 6.26 Å². The number of fused-ring (bicyclic) bond motifs is 2. The number of nitrogens with zero attached hydrogens (tertiary/aromatic N) is 3. The number of amides is 1. The second-order valence-electron chi connectivity index (χ2n) is 8.49. The van der Waals surface area contributed by atoms with Crippen LogP contribution in [-0.2, 0) is 11.3 Å². The lowest BCUT2D eigenvalue weighted by molar-refractivity contribution is -0.121. The largest absolute Gasteiger partial charge is 0.469 e. The number of carbonyl (C=O) groups is 1. The highest BCUT2D eigenvalue weighted by atomic mass is 32.2. The summed E-state index contributed by atoms with van der Waals surface area (Å²) in [6.07, 6.45) is 8.81. The van der Waals surface area contributed by atoms with Gasteiger partial charge in [0, 0.05) is 12.6 Å². The van der Waals surface area contributed by atoms with Crippen molar-refractivity contribution in [3.8, 4) is 11.4 Å². The molecule has 0 spiro atoms. The van der Waals surface area contributed by atoms with Gasteiger partial charge in [-0.15, -0.1) is 16.8 Å². The molecular weight excluding hydrogens is 384 g/mol. The van der Waals surface area contributed by atoms with Crippen molar-refractivity contribution >= 4 is 17.7 Å². The highest BCUT2D eigenvalue weighted by Crippen LogP contribution is 2.49. The van der Waals surface area contributed by atoms with Gasteiger partial charge in [0.25, 0.3) is 0 Å². The molecule has 0 saturated heterocycles. The Bertz CT molecular complexity index is 889. The zero-order chi connectivity index (χ0) is 20.5. The molecule has 0 radical (unpaired) electrons. The van der Waals surface area contributed by atoms with E-state index < -0.39 is 0 Å². The molecule has 6 nitrogen and oxygen atoms in total. The van der Waals surface area contributed by atoms with Crippen LogP contribution in [0.15, 0.2) is 34.6 Å². The first-order valence-corrected chi connectivity index (χ1v) is 11.4. The highest BCUT2D eigenvalue weighted by Gasteiger charge is 2.42. The molecule has 29 heavy (non-hydrogen) atoms. The maximum absolute atomic E-state index is 12.9. The van der Waals surface area contributed by atoms with E-state index in [-0.39, 0.29) is 17.2 Å². The second-order valence-corrected chi connectivity index (χ2v) is 9.80. The van der Waals surface area contributed by atoms with Crippen molar-refractivity contribution in [3.05, 3.63) is 30.7 Å². The van der Waals surface area contributed by atoms with Gasteiger partial charge >= 0.3 is 0 Å². The third-order valence-corrected chi connectivity index (χ3v) is 7.67. The number of nitrogens with one attached hydrogen (secondary N) is 1. The highest BCUT2D eigenvalue weighted by molar-refractivity contribution is 8.00. The Morgan fingerprint density at radius 2 is 2.24 bits per heavy atom. The van der Waals surface area contributed by atoms with Gasteiger partial charge in [0.2, 0.25) is 5.91 Å². The minimum absolute atomic E-state index is 0.0690. The van der Waals surface area contributed by atoms with Gasteiger partial charge in [-0.1, -0.05) is 24.3 Å². The predicted octanol–water partition coefficient (Wildman–Crippen LogP) is 4.45. The maximum atomic E-state index is 12.9. The van der Waals surface area contributed by atoms with E-state index in [0.717, 1.165) is 34.1 Å². The monoisotopic (exact) mass is 414 g/mol. The van der Waals surface area contributed by atoms with Gasteiger partial charge in [-0.25, -0.2) is 0 Å². The first-order chi connectivity index (χ1) is 14.0. The van der Waals surface area contributed by atoms with Gasteiger partial charge < -0.3 is 9.73 Å². The summed E-state index contributed by atoms with van der Waals surface area (Å²) in [5.74, 6) is 3.92. The standard InChI is InChI=1S/C22H30N4O2S/c1-5-9-26-20(18-8-10-28-14(18)3)24-25-22(26)29-15(4)21(27)23-13(2)19-12-16-6-7-17(19)11-16/h5,8,10,13,15-17,19H,1,6-7,9,11-12H2,2-4H3,(H,23,27). The molecule has 2 aliphatic carbocycles. The molecule has 5 atom stereocenters. The molecule has 2 heterocycles. The number of aryl methyl sites for hydroxylation is 1. The summed E-state index contributed by atoms with van der Waals surface area (Å²) in [5.41, 5.74) is 0.910. The van der Waals surface area contributed by atoms with Crippen molar-refractivity contribution < 1.29 is 9.21 Å². The second kappa shape index (κ2) is 8.38. The SMILES string of the molecule is C=CCn1c(SC(C)C(=O)NC(C)C2CC3CCC2C3)nnc1-c1ccoc1C. The molecule has 5 unspecified atom stereocenters. The van der Waals surface area contributed by atoms with Crippen LogP contribution in [0.3, 0.4) is 0 Å². The molecule has 2 fully saturated rings. The lowest BCUT2D eigenvalue weighted by Gasteiger charge is -2.29. The third kappa shape index (κ3) is 4.02. The Hall–Kier alpha value is -2.02. The molecule has 2 saturated carbocycles. The number of hydrogen-bond donors (Lipinski definition) is 1. The number of allylic oxidation sites excluding steroid dienone is 1. The van der Waals surface area contributed by atoms with Crippen LogP contribution in [0.1, 0.15) is 45.3 Å². The third-order valence-electron chi connectivity index (χ3n) is 6.58. The summed E-state index contributed by atoms with van der Waals surface area (Å²) in [5, 5.41) is 12.4. The van der Waals surface area contributed by atoms with Crippen LogP contribution in [0, 0.1) is 24.7 Å². The minimum atomic E-state index is -0.248. The van der Waals surface area contributed by atoms with Crippen molar-refractivity contribution in [1.82, 2.24) is 20.1 Å². The van der Waals surface area contributed by atoms with Gasteiger partial charge in [-0.05, 0) is 63.9 Å². The van der Waals surface area contributed by atoms with E-state index in [4.69, 9.17) is 4.42 Å². The van der Waals surface area contributed by atoms with Crippen LogP contribution in [0.25, 0.3) is 11.4 Å². The molecule has 156 valence electrons. The van der Waals surface area contributed by atoms with Gasteiger partial charge in [-0.3, -0.25) is 9.36 Å². The number of hydrogen-bond acceptors (Lipinski definition) is 5. The van der Waals surface area contributed by atoms with Crippen molar-refractivity contribution in [3.63, 3.8) is 0 Å². The van der Waals surface area contributed by atoms with Crippen molar-refractivity contribution in [1.29, 1.82) is 0 Å². The zero-order valence-electron chi connectivity index (χ0n) is 17.4. The lowest BCUT2D eigenvalue weighted by atomic mass is 9.84. The predicted molar refractivity (Wildman–Crippen MR) is 115 cm³/mol. The quantitative estimate of drug-likeness (QED) is 0.510. The first kappa shape index (κ1) is 20.3. The van der Waals surface area contributed by atoms with Crippen LogP contribution in [0.5, 0.6) is 0 Å². The molecular formula is C22H30N4O2S. The van der Waals surface area contributed by atoms with Crippen LogP contribution < -0.4 is 5.32 Å². The molecule has 0 aromatic carbocycles. The van der Waals surface area contributed by atoms with E-state index >= 15 is 0 Å². The normalized spacial score (nSPS) is 25.1. The molecule has 0 aliphatic heterocycles. The van der Waals surface area contributed by atoms with Gasteiger partial charge in [0.15, 0.2) is 11.0 Å². The summed E-state index contributed by atoms with van der Waals surface area (Å²) < 4.78 is 7.40. The van der Waals surface area contributed by atoms with Crippen LogP contribution in [-0.4, -0.2) is 32.0 Å². The number of aromatic nitrogens is 3. The van der Waals surface area contributed by atoms with Crippen LogP contribution >= 0.6 is 11.8 Å². The molecule has 1 N–H and O–H groups in total. The van der Waals surface area contributed by atoms with E-state index in [2.05, 4.69) is 29.0 Å². The van der Waals surface area contributed by atoms with E-state index in [0.29, 0.717) is 12.5 Å². The van der Waals surface area contributed by atoms with E-state index in [1.807, 2.05) is 30.6 Å². The Labute approximate surface area is 176 Å². The Kier molecular flexibility index (Phi) is 5.86. The fourth-order valence-electron chi connectivity index (χ4n) is 5.05. The van der Waals surface area contributed by atoms with Crippen molar-refractivity contribution in [2.45, 2.75) is 69.4 Å². The molecule has 2 aliphatic rings. The minimum Gasteiger partial charge on any atom is -0.469 e. The Balaban J connectivity index is 1.43. The average molecular weight is 415 g/mol. The fourth-order valence-corrected chi connectivity index (χ4v) is 5.92. The lowest BCUT2D eigenvalue weighted by Crippen LogP contribution is -2.43. The number of thioether (sulfide) groups is 1. The van der Waals surface area contributed by atoms with Gasteiger partial charge in [0.1, 0.15) is 5.76 Å². The van der Waals surface area contributed by atoms with Crippen LogP contribution in [0.4, 0.5) is 0 Å². The summed E-state index contributed by atoms with van der Waals surface area (Å²) in [6.45, 7) is 10.4. The smallest absolute Gasteiger partial charge is 0.233 e. The average Bonchev–Trinajstić information content (AvgIpc) is 3.47. The number of carbonyl (C=O) groups excluding carboxylic acids is 1. The molecule has 2 aromatic rings. The summed E-state index contributed by atoms with van der Waals surface area (Å²) >= 11 is 1.44. The topological polar surface area (TPSA) is 73.0 Å². The summed E-state index contributed by atoms with van der Waals surface area (Å²) in [7, 11) is 0. The Morgan fingerprint density at radius 1 is 1.41 bits per heavy atom. The molecule has 2 bridgehead atoms. The molecule has 1 amide bonds. The van der Waals surface area contributed by atoms with Crippen molar-refractivity contribution in [2.24, 2.45) is 17.8 Å². The van der Waals surface area contributed by atoms with Gasteiger partial charge in [-0.2, -0.15) is 0 Å². The number of rotatable bonds is 8. The van der Waals surface area contributed by atoms with E-state index in [1.165, 1.54) is 37.4 Å². The Morgan fingerprint density at radius 3 is 2.86 bits per heavy atom. The molecule has 7 heteroatoms. The van der Waals surface area contributed by atoms with Gasteiger partial charge in [0.05, 0.1) is 17.1 Å². The fraction of sp³-hybridized carbons (Fsp3) is 0.591. The zero-order valence-corrected chi connectivity index (χ0v) is 18.2. The van der Waals surface area contributed by atoms with Crippen LogP contribution in [0.2, 0.25) is 0 Å². The summed E-state index contributed by atoms with van der Waals surface area (Å²) in [6, 6.07) is 2.12. The molecule has 4 rings (SSSR count). The van der Waals surface area contributed by atoms with Crippen molar-refractivity contribution in [2.75, 3.05) is 0 Å². The van der Waals surface area contributed by atoms with E-state index in [9.17, 15) is 4.79 Å².